The number of fused-ring (bicyclic) bond motifs is 2. The third-order valence-corrected chi connectivity index (χ3v) is 4.53. The highest BCUT2D eigenvalue weighted by atomic mass is 32.1. The maximum absolute atomic E-state index is 11.8. The number of aryl methyl sites for hydroxylation is 1. The van der Waals surface area contributed by atoms with Crippen LogP contribution in [0.1, 0.15) is 34.5 Å². The molecule has 0 N–H and O–H groups in total. The zero-order chi connectivity index (χ0) is 14.2. The van der Waals surface area contributed by atoms with Crippen molar-refractivity contribution in [3.8, 4) is 5.75 Å². The summed E-state index contributed by atoms with van der Waals surface area (Å²) in [5.41, 5.74) is 2.88. The monoisotopic (exact) mass is 298 g/mol. The van der Waals surface area contributed by atoms with Gasteiger partial charge in [-0.25, -0.2) is 4.98 Å². The van der Waals surface area contributed by atoms with Gasteiger partial charge in [-0.1, -0.05) is 0 Å². The van der Waals surface area contributed by atoms with Crippen molar-refractivity contribution in [3.05, 3.63) is 52.8 Å². The van der Waals surface area contributed by atoms with Gasteiger partial charge in [-0.15, -0.1) is 11.3 Å². The first kappa shape index (κ1) is 12.6. The van der Waals surface area contributed by atoms with Gasteiger partial charge in [0, 0.05) is 29.8 Å². The SMILES string of the molecule is O=C1CCCc2cc(OCc3cn4ccsc4n3)ccc21. The van der Waals surface area contributed by atoms with Crippen LogP contribution in [-0.2, 0) is 13.0 Å². The second kappa shape index (κ2) is 5.00. The number of Topliss-reactive ketones (excluding diaryl/α,β-unsaturated/α-hetero) is 1. The van der Waals surface area contributed by atoms with Crippen molar-refractivity contribution in [2.75, 3.05) is 0 Å². The second-order valence-electron chi connectivity index (χ2n) is 5.21. The number of rotatable bonds is 3. The lowest BCUT2D eigenvalue weighted by Gasteiger charge is -2.15. The molecule has 21 heavy (non-hydrogen) atoms. The lowest BCUT2D eigenvalue weighted by molar-refractivity contribution is 0.0972. The quantitative estimate of drug-likeness (QED) is 0.743. The average Bonchev–Trinajstić information content (AvgIpc) is 3.06. The van der Waals surface area contributed by atoms with Gasteiger partial charge in [0.25, 0.3) is 0 Å². The predicted octanol–water partition coefficient (Wildman–Crippen LogP) is 3.49. The Hall–Kier alpha value is -2.14. The Balaban J connectivity index is 1.52. The largest absolute Gasteiger partial charge is 0.487 e. The van der Waals surface area contributed by atoms with Crippen LogP contribution in [0.2, 0.25) is 0 Å². The van der Waals surface area contributed by atoms with Gasteiger partial charge in [0.15, 0.2) is 10.7 Å². The van der Waals surface area contributed by atoms with E-state index in [9.17, 15) is 4.79 Å². The van der Waals surface area contributed by atoms with E-state index >= 15 is 0 Å². The lowest BCUT2D eigenvalue weighted by Crippen LogP contribution is -2.10. The highest BCUT2D eigenvalue weighted by molar-refractivity contribution is 7.15. The van der Waals surface area contributed by atoms with E-state index in [1.54, 1.807) is 11.3 Å². The molecule has 4 rings (SSSR count). The van der Waals surface area contributed by atoms with Crippen molar-refractivity contribution < 1.29 is 9.53 Å². The van der Waals surface area contributed by atoms with Gasteiger partial charge in [0.1, 0.15) is 12.4 Å². The molecule has 0 unspecified atom stereocenters. The van der Waals surface area contributed by atoms with Gasteiger partial charge >= 0.3 is 0 Å². The molecule has 0 saturated heterocycles. The van der Waals surface area contributed by atoms with E-state index in [-0.39, 0.29) is 5.78 Å². The summed E-state index contributed by atoms with van der Waals surface area (Å²) < 4.78 is 7.80. The summed E-state index contributed by atoms with van der Waals surface area (Å²) in [5.74, 6) is 1.05. The number of ketones is 1. The molecule has 0 radical (unpaired) electrons. The molecule has 0 spiro atoms. The molecule has 2 aromatic heterocycles. The van der Waals surface area contributed by atoms with E-state index in [2.05, 4.69) is 4.98 Å². The van der Waals surface area contributed by atoms with Crippen LogP contribution >= 0.6 is 11.3 Å². The number of hydrogen-bond donors (Lipinski definition) is 0. The van der Waals surface area contributed by atoms with Crippen molar-refractivity contribution in [1.82, 2.24) is 9.38 Å². The smallest absolute Gasteiger partial charge is 0.193 e. The van der Waals surface area contributed by atoms with Crippen molar-refractivity contribution >= 4 is 22.1 Å². The summed E-state index contributed by atoms with van der Waals surface area (Å²) >= 11 is 1.61. The topological polar surface area (TPSA) is 43.6 Å². The number of carbonyl (C=O) groups is 1. The standard InChI is InChI=1S/C16H14N2O2S/c19-15-3-1-2-11-8-13(4-5-14(11)15)20-10-12-9-18-6-7-21-16(18)17-12/h4-9H,1-3,10H2. The zero-order valence-corrected chi connectivity index (χ0v) is 12.2. The van der Waals surface area contributed by atoms with Gasteiger partial charge < -0.3 is 4.74 Å². The number of hydrogen-bond acceptors (Lipinski definition) is 4. The van der Waals surface area contributed by atoms with E-state index in [1.165, 1.54) is 0 Å². The highest BCUT2D eigenvalue weighted by Gasteiger charge is 2.17. The molecule has 0 amide bonds. The molecule has 5 heteroatoms. The molecule has 1 aromatic carbocycles. The predicted molar refractivity (Wildman–Crippen MR) is 81.1 cm³/mol. The molecule has 4 nitrogen and oxygen atoms in total. The number of thiazole rings is 1. The number of benzene rings is 1. The summed E-state index contributed by atoms with van der Waals surface area (Å²) in [5, 5.41) is 2.01. The van der Waals surface area contributed by atoms with Crippen LogP contribution in [-0.4, -0.2) is 15.2 Å². The number of ether oxygens (including phenoxy) is 1. The molecule has 1 aliphatic carbocycles. The van der Waals surface area contributed by atoms with E-state index in [0.717, 1.165) is 40.4 Å². The minimum atomic E-state index is 0.247. The Morgan fingerprint density at radius 3 is 3.19 bits per heavy atom. The van der Waals surface area contributed by atoms with Crippen LogP contribution in [0.15, 0.2) is 36.0 Å². The van der Waals surface area contributed by atoms with Crippen LogP contribution in [0.25, 0.3) is 4.96 Å². The van der Waals surface area contributed by atoms with Gasteiger partial charge in [-0.2, -0.15) is 0 Å². The van der Waals surface area contributed by atoms with Gasteiger partial charge in [-0.3, -0.25) is 9.20 Å². The molecule has 0 aliphatic heterocycles. The minimum Gasteiger partial charge on any atom is -0.487 e. The van der Waals surface area contributed by atoms with Gasteiger partial charge in [-0.05, 0) is 36.6 Å². The normalized spacial score (nSPS) is 14.4. The Kier molecular flexibility index (Phi) is 3.00. The van der Waals surface area contributed by atoms with E-state index in [0.29, 0.717) is 13.0 Å². The molecular formula is C16H14N2O2S. The third-order valence-electron chi connectivity index (χ3n) is 3.76. The van der Waals surface area contributed by atoms with Crippen molar-refractivity contribution in [2.45, 2.75) is 25.9 Å². The fraction of sp³-hybridized carbons (Fsp3) is 0.250. The van der Waals surface area contributed by atoms with Crippen LogP contribution in [0.4, 0.5) is 0 Å². The Labute approximate surface area is 126 Å². The lowest BCUT2D eigenvalue weighted by atomic mass is 9.91. The van der Waals surface area contributed by atoms with E-state index in [1.807, 2.05) is 40.4 Å². The fourth-order valence-electron chi connectivity index (χ4n) is 2.72. The van der Waals surface area contributed by atoms with Gasteiger partial charge in [0.05, 0.1) is 5.69 Å². The first-order chi connectivity index (χ1) is 10.3. The first-order valence-electron chi connectivity index (χ1n) is 6.99. The molecule has 0 fully saturated rings. The molecule has 0 atom stereocenters. The minimum absolute atomic E-state index is 0.247. The summed E-state index contributed by atoms with van der Waals surface area (Å²) in [4.78, 5) is 17.3. The molecular weight excluding hydrogens is 284 g/mol. The summed E-state index contributed by atoms with van der Waals surface area (Å²) in [6.07, 6.45) is 6.53. The summed E-state index contributed by atoms with van der Waals surface area (Å²) in [6.45, 7) is 0.446. The summed E-state index contributed by atoms with van der Waals surface area (Å²) in [7, 11) is 0. The maximum Gasteiger partial charge on any atom is 0.193 e. The van der Waals surface area contributed by atoms with Crippen LogP contribution < -0.4 is 4.74 Å². The molecule has 1 aliphatic rings. The Bertz CT molecular complexity index is 790. The average molecular weight is 298 g/mol. The van der Waals surface area contributed by atoms with Crippen LogP contribution in [0, 0.1) is 0 Å². The van der Waals surface area contributed by atoms with E-state index in [4.69, 9.17) is 4.74 Å². The zero-order valence-electron chi connectivity index (χ0n) is 11.4. The number of carbonyl (C=O) groups excluding carboxylic acids is 1. The molecule has 2 heterocycles. The highest BCUT2D eigenvalue weighted by Crippen LogP contribution is 2.26. The maximum atomic E-state index is 11.8. The number of aromatic nitrogens is 2. The van der Waals surface area contributed by atoms with Crippen LogP contribution in [0.3, 0.4) is 0 Å². The fourth-order valence-corrected chi connectivity index (χ4v) is 3.43. The number of imidazole rings is 1. The molecule has 0 saturated carbocycles. The van der Waals surface area contributed by atoms with Crippen molar-refractivity contribution in [2.24, 2.45) is 0 Å². The van der Waals surface area contributed by atoms with Crippen molar-refractivity contribution in [3.63, 3.8) is 0 Å². The van der Waals surface area contributed by atoms with Gasteiger partial charge in [0.2, 0.25) is 0 Å². The first-order valence-corrected chi connectivity index (χ1v) is 7.87. The Morgan fingerprint density at radius 1 is 1.33 bits per heavy atom. The second-order valence-corrected chi connectivity index (χ2v) is 6.08. The third kappa shape index (κ3) is 2.34. The van der Waals surface area contributed by atoms with Crippen molar-refractivity contribution in [1.29, 1.82) is 0 Å². The number of nitrogens with zero attached hydrogens (tertiary/aromatic N) is 2. The van der Waals surface area contributed by atoms with Crippen LogP contribution in [0.5, 0.6) is 5.75 Å². The summed E-state index contributed by atoms with van der Waals surface area (Å²) in [6, 6.07) is 5.75. The Morgan fingerprint density at radius 2 is 2.29 bits per heavy atom. The van der Waals surface area contributed by atoms with E-state index < -0.39 is 0 Å². The molecule has 0 bridgehead atoms. The molecule has 3 aromatic rings. The molecule has 106 valence electrons.